The van der Waals surface area contributed by atoms with Crippen molar-refractivity contribution in [1.29, 1.82) is 0 Å². The Bertz CT molecular complexity index is 1180. The highest BCUT2D eigenvalue weighted by molar-refractivity contribution is 5.86. The highest BCUT2D eigenvalue weighted by Gasteiger charge is 2.31. The Kier molecular flexibility index (Phi) is 5.17. The van der Waals surface area contributed by atoms with Gasteiger partial charge in [-0.25, -0.2) is 4.98 Å². The number of hydrogen-bond donors (Lipinski definition) is 2. The number of halogens is 3. The summed E-state index contributed by atoms with van der Waals surface area (Å²) in [6.07, 6.45) is 1.35. The minimum Gasteiger partial charge on any atom is -0.496 e. The number of pyridine rings is 2. The zero-order chi connectivity index (χ0) is 21.3. The van der Waals surface area contributed by atoms with E-state index in [2.05, 4.69) is 15.0 Å². The fraction of sp³-hybridized carbons (Fsp3) is 0.182. The molecule has 30 heavy (non-hydrogen) atoms. The fourth-order valence-corrected chi connectivity index (χ4v) is 3.48. The lowest BCUT2D eigenvalue weighted by Crippen LogP contribution is -2.07. The van der Waals surface area contributed by atoms with Crippen molar-refractivity contribution in [2.75, 3.05) is 7.11 Å². The van der Waals surface area contributed by atoms with Gasteiger partial charge in [-0.15, -0.1) is 0 Å². The van der Waals surface area contributed by atoms with Crippen LogP contribution in [0.2, 0.25) is 0 Å². The van der Waals surface area contributed by atoms with E-state index >= 15 is 0 Å². The first kappa shape index (κ1) is 19.9. The maximum absolute atomic E-state index is 13.1. The van der Waals surface area contributed by atoms with Gasteiger partial charge < -0.3 is 15.5 Å². The number of ether oxygens (including phenoxy) is 1. The van der Waals surface area contributed by atoms with E-state index in [4.69, 9.17) is 10.5 Å². The molecule has 3 heterocycles. The lowest BCUT2D eigenvalue weighted by molar-refractivity contribution is -0.137. The molecular formula is C22H19F3N4O. The van der Waals surface area contributed by atoms with Crippen LogP contribution in [0.15, 0.2) is 55.0 Å². The second-order valence-corrected chi connectivity index (χ2v) is 6.85. The van der Waals surface area contributed by atoms with Gasteiger partial charge in [0.2, 0.25) is 0 Å². The van der Waals surface area contributed by atoms with E-state index in [-0.39, 0.29) is 6.54 Å². The summed E-state index contributed by atoms with van der Waals surface area (Å²) in [4.78, 5) is 11.8. The van der Waals surface area contributed by atoms with Crippen molar-refractivity contribution in [1.82, 2.24) is 15.0 Å². The molecule has 0 saturated heterocycles. The predicted molar refractivity (Wildman–Crippen MR) is 108 cm³/mol. The molecule has 0 saturated carbocycles. The molecule has 3 aromatic heterocycles. The summed E-state index contributed by atoms with van der Waals surface area (Å²) in [5, 5.41) is 0.896. The van der Waals surface area contributed by atoms with Gasteiger partial charge in [0.25, 0.3) is 0 Å². The number of rotatable bonds is 5. The van der Waals surface area contributed by atoms with Crippen LogP contribution in [0, 0.1) is 0 Å². The predicted octanol–water partition coefficient (Wildman–Crippen LogP) is 4.70. The standard InChI is InChI=1S/C22H19F3N4O/c1-30-19-6-7-27-21-20(19)15(12-29-21)8-13-2-5-18(28-11-13)17-9-16(22(23,24)25)4-3-14(17)10-26/h2-7,9,11-12H,8,10,26H2,1H3,(H,27,29). The third-order valence-corrected chi connectivity index (χ3v) is 4.99. The smallest absolute Gasteiger partial charge is 0.416 e. The first-order valence-electron chi connectivity index (χ1n) is 9.25. The molecule has 0 aliphatic carbocycles. The fourth-order valence-electron chi connectivity index (χ4n) is 3.48. The first-order valence-corrected chi connectivity index (χ1v) is 9.25. The Morgan fingerprint density at radius 3 is 2.57 bits per heavy atom. The van der Waals surface area contributed by atoms with Gasteiger partial charge in [-0.05, 0) is 41.0 Å². The maximum atomic E-state index is 13.1. The molecular weight excluding hydrogens is 393 g/mol. The molecule has 0 spiro atoms. The summed E-state index contributed by atoms with van der Waals surface area (Å²) >= 11 is 0. The van der Waals surface area contributed by atoms with E-state index in [0.29, 0.717) is 23.2 Å². The number of benzene rings is 1. The molecule has 0 aliphatic rings. The third-order valence-electron chi connectivity index (χ3n) is 4.99. The molecule has 1 aromatic carbocycles. The van der Waals surface area contributed by atoms with Crippen LogP contribution in [0.3, 0.4) is 0 Å². The Labute approximate surface area is 170 Å². The van der Waals surface area contributed by atoms with Crippen molar-refractivity contribution in [2.45, 2.75) is 19.1 Å². The van der Waals surface area contributed by atoms with E-state index in [1.807, 2.05) is 12.3 Å². The number of aromatic nitrogens is 3. The quantitative estimate of drug-likeness (QED) is 0.498. The molecule has 5 nitrogen and oxygen atoms in total. The Morgan fingerprint density at radius 2 is 1.90 bits per heavy atom. The van der Waals surface area contributed by atoms with Crippen LogP contribution in [0.25, 0.3) is 22.3 Å². The summed E-state index contributed by atoms with van der Waals surface area (Å²) in [5.74, 6) is 0.720. The first-order chi connectivity index (χ1) is 14.4. The van der Waals surface area contributed by atoms with Crippen LogP contribution < -0.4 is 10.5 Å². The van der Waals surface area contributed by atoms with Crippen molar-refractivity contribution >= 4 is 11.0 Å². The number of H-pyrrole nitrogens is 1. The van der Waals surface area contributed by atoms with Gasteiger partial charge in [-0.3, -0.25) is 4.98 Å². The summed E-state index contributed by atoms with van der Waals surface area (Å²) in [6, 6.07) is 8.90. The van der Waals surface area contributed by atoms with Crippen molar-refractivity contribution in [3.05, 3.63) is 77.2 Å². The van der Waals surface area contributed by atoms with Gasteiger partial charge in [0.15, 0.2) is 0 Å². The van der Waals surface area contributed by atoms with Crippen molar-refractivity contribution in [3.63, 3.8) is 0 Å². The van der Waals surface area contributed by atoms with Crippen LogP contribution >= 0.6 is 0 Å². The lowest BCUT2D eigenvalue weighted by atomic mass is 9.99. The monoisotopic (exact) mass is 412 g/mol. The third kappa shape index (κ3) is 3.73. The van der Waals surface area contributed by atoms with Crippen molar-refractivity contribution in [3.8, 4) is 17.0 Å². The van der Waals surface area contributed by atoms with Gasteiger partial charge in [0.05, 0.1) is 23.8 Å². The molecule has 0 radical (unpaired) electrons. The molecule has 3 N–H and O–H groups in total. The zero-order valence-corrected chi connectivity index (χ0v) is 16.1. The van der Waals surface area contributed by atoms with Gasteiger partial charge in [0.1, 0.15) is 11.4 Å². The number of aromatic amines is 1. The molecule has 0 fully saturated rings. The van der Waals surface area contributed by atoms with Crippen molar-refractivity contribution in [2.24, 2.45) is 5.73 Å². The molecule has 0 amide bonds. The number of hydrogen-bond acceptors (Lipinski definition) is 4. The molecule has 4 rings (SSSR count). The average molecular weight is 412 g/mol. The molecule has 0 bridgehead atoms. The highest BCUT2D eigenvalue weighted by atomic mass is 19.4. The van der Waals surface area contributed by atoms with Crippen molar-refractivity contribution < 1.29 is 17.9 Å². The molecule has 0 atom stereocenters. The summed E-state index contributed by atoms with van der Waals surface area (Å²) in [6.45, 7) is 0.124. The summed E-state index contributed by atoms with van der Waals surface area (Å²) < 4.78 is 44.8. The van der Waals surface area contributed by atoms with Crippen LogP contribution in [0.4, 0.5) is 13.2 Å². The lowest BCUT2D eigenvalue weighted by Gasteiger charge is -2.13. The normalized spacial score (nSPS) is 11.8. The summed E-state index contributed by atoms with van der Waals surface area (Å²) in [5.41, 5.74) is 9.06. The summed E-state index contributed by atoms with van der Waals surface area (Å²) in [7, 11) is 1.60. The Morgan fingerprint density at radius 1 is 1.07 bits per heavy atom. The van der Waals surface area contributed by atoms with Crippen LogP contribution in [0.1, 0.15) is 22.3 Å². The van der Waals surface area contributed by atoms with E-state index < -0.39 is 11.7 Å². The van der Waals surface area contributed by atoms with E-state index in [9.17, 15) is 13.2 Å². The number of nitrogens with two attached hydrogens (primary N) is 1. The van der Waals surface area contributed by atoms with E-state index in [1.165, 1.54) is 6.07 Å². The second-order valence-electron chi connectivity index (χ2n) is 6.85. The number of nitrogens with zero attached hydrogens (tertiary/aromatic N) is 2. The largest absolute Gasteiger partial charge is 0.496 e. The minimum atomic E-state index is -4.43. The van der Waals surface area contributed by atoms with E-state index in [0.717, 1.165) is 40.0 Å². The Hall–Kier alpha value is -3.39. The SMILES string of the molecule is COc1ccnc2[nH]cc(Cc3ccc(-c4cc(C(F)(F)F)ccc4CN)nc3)c12. The topological polar surface area (TPSA) is 76.8 Å². The number of alkyl halides is 3. The number of fused-ring (bicyclic) bond motifs is 1. The van der Waals surface area contributed by atoms with Crippen LogP contribution in [-0.2, 0) is 19.1 Å². The highest BCUT2D eigenvalue weighted by Crippen LogP contribution is 2.34. The average Bonchev–Trinajstić information content (AvgIpc) is 3.16. The molecule has 0 aliphatic heterocycles. The molecule has 4 aromatic rings. The number of methoxy groups -OCH3 is 1. The van der Waals surface area contributed by atoms with Crippen LogP contribution in [-0.4, -0.2) is 22.1 Å². The minimum absolute atomic E-state index is 0.124. The number of nitrogens with one attached hydrogen (secondary N) is 1. The molecule has 8 heteroatoms. The molecule has 154 valence electrons. The van der Waals surface area contributed by atoms with Gasteiger partial charge in [-0.2, -0.15) is 13.2 Å². The van der Waals surface area contributed by atoms with Crippen LogP contribution in [0.5, 0.6) is 5.75 Å². The second kappa shape index (κ2) is 7.79. The Balaban J connectivity index is 1.66. The maximum Gasteiger partial charge on any atom is 0.416 e. The zero-order valence-electron chi connectivity index (χ0n) is 16.1. The van der Waals surface area contributed by atoms with E-state index in [1.54, 1.807) is 31.6 Å². The van der Waals surface area contributed by atoms with Gasteiger partial charge in [-0.1, -0.05) is 12.1 Å². The van der Waals surface area contributed by atoms with Gasteiger partial charge >= 0.3 is 6.18 Å². The molecule has 0 unspecified atom stereocenters. The van der Waals surface area contributed by atoms with Gasteiger partial charge in [0, 0.05) is 37.1 Å².